The van der Waals surface area contributed by atoms with Crippen molar-refractivity contribution in [3.8, 4) is 0 Å². The van der Waals surface area contributed by atoms with Crippen molar-refractivity contribution in [3.63, 3.8) is 0 Å². The van der Waals surface area contributed by atoms with E-state index in [2.05, 4.69) is 24.5 Å². The Morgan fingerprint density at radius 1 is 1.40 bits per heavy atom. The van der Waals surface area contributed by atoms with Gasteiger partial charge >= 0.3 is 6.03 Å². The number of rotatable bonds is 3. The minimum atomic E-state index is -0.00749. The van der Waals surface area contributed by atoms with E-state index in [4.69, 9.17) is 0 Å². The Hall–Kier alpha value is -0.730. The summed E-state index contributed by atoms with van der Waals surface area (Å²) >= 11 is 0. The third kappa shape index (κ3) is 4.10. The highest BCUT2D eigenvalue weighted by atomic mass is 16.2. The average Bonchev–Trinajstić information content (AvgIpc) is 2.18. The molecule has 0 spiro atoms. The molecule has 0 bridgehead atoms. The third-order valence-electron chi connectivity index (χ3n) is 3.33. The molecule has 0 heterocycles. The van der Waals surface area contributed by atoms with Gasteiger partial charge in [0.25, 0.3) is 0 Å². The van der Waals surface area contributed by atoms with Gasteiger partial charge < -0.3 is 10.6 Å². The summed E-state index contributed by atoms with van der Waals surface area (Å²) in [5.41, 5.74) is 0. The molecule has 0 aromatic heterocycles. The molecule has 0 aromatic rings. The minimum absolute atomic E-state index is 0.00749. The molecule has 3 nitrogen and oxygen atoms in total. The van der Waals surface area contributed by atoms with Crippen molar-refractivity contribution in [2.24, 2.45) is 11.8 Å². The molecule has 0 unspecified atom stereocenters. The lowest BCUT2D eigenvalue weighted by Crippen LogP contribution is -2.44. The lowest BCUT2D eigenvalue weighted by molar-refractivity contribution is 0.212. The maximum Gasteiger partial charge on any atom is 0.314 e. The molecule has 0 saturated heterocycles. The number of nitrogens with one attached hydrogen (secondary N) is 2. The first-order valence-corrected chi connectivity index (χ1v) is 6.17. The van der Waals surface area contributed by atoms with Crippen LogP contribution in [-0.2, 0) is 0 Å². The first kappa shape index (κ1) is 12.3. The third-order valence-corrected chi connectivity index (χ3v) is 3.33. The van der Waals surface area contributed by atoms with E-state index in [-0.39, 0.29) is 6.03 Å². The van der Waals surface area contributed by atoms with Crippen molar-refractivity contribution >= 4 is 6.03 Å². The summed E-state index contributed by atoms with van der Waals surface area (Å²) in [6.07, 6.45) is 4.86. The van der Waals surface area contributed by atoms with E-state index in [1.165, 1.54) is 12.8 Å². The fourth-order valence-corrected chi connectivity index (χ4v) is 2.36. The van der Waals surface area contributed by atoms with Crippen molar-refractivity contribution in [1.82, 2.24) is 10.6 Å². The summed E-state index contributed by atoms with van der Waals surface area (Å²) in [6, 6.07) is 0.379. The van der Waals surface area contributed by atoms with Gasteiger partial charge in [-0.05, 0) is 31.6 Å². The first-order chi connectivity index (χ1) is 7.13. The van der Waals surface area contributed by atoms with Crippen LogP contribution in [0, 0.1) is 11.8 Å². The fraction of sp³-hybridized carbons (Fsp3) is 0.917. The summed E-state index contributed by atoms with van der Waals surface area (Å²) in [6.45, 7) is 7.20. The molecule has 0 aromatic carbocycles. The maximum absolute atomic E-state index is 11.4. The van der Waals surface area contributed by atoms with Crippen LogP contribution in [0.3, 0.4) is 0 Å². The van der Waals surface area contributed by atoms with E-state index in [0.29, 0.717) is 12.6 Å². The fourth-order valence-electron chi connectivity index (χ4n) is 2.36. The van der Waals surface area contributed by atoms with Crippen LogP contribution in [-0.4, -0.2) is 18.6 Å². The van der Waals surface area contributed by atoms with Gasteiger partial charge in [-0.25, -0.2) is 4.79 Å². The second-order valence-corrected chi connectivity index (χ2v) is 4.87. The molecule has 0 radical (unpaired) electrons. The van der Waals surface area contributed by atoms with E-state index in [1.807, 2.05) is 6.92 Å². The van der Waals surface area contributed by atoms with E-state index in [9.17, 15) is 4.79 Å². The van der Waals surface area contributed by atoms with Gasteiger partial charge in [-0.3, -0.25) is 0 Å². The second-order valence-electron chi connectivity index (χ2n) is 4.87. The maximum atomic E-state index is 11.4. The van der Waals surface area contributed by atoms with E-state index in [0.717, 1.165) is 24.7 Å². The van der Waals surface area contributed by atoms with Crippen LogP contribution in [0.1, 0.15) is 46.5 Å². The number of hydrogen-bond acceptors (Lipinski definition) is 1. The van der Waals surface area contributed by atoms with Crippen LogP contribution in [0.15, 0.2) is 0 Å². The molecule has 1 rings (SSSR count). The van der Waals surface area contributed by atoms with Crippen molar-refractivity contribution in [2.75, 3.05) is 6.54 Å². The predicted octanol–water partition coefficient (Wildman–Crippen LogP) is 2.52. The molecule has 2 atom stereocenters. The molecular weight excluding hydrogens is 188 g/mol. The van der Waals surface area contributed by atoms with Crippen LogP contribution in [0.5, 0.6) is 0 Å². The molecule has 1 fully saturated rings. The molecule has 15 heavy (non-hydrogen) atoms. The topological polar surface area (TPSA) is 41.1 Å². The van der Waals surface area contributed by atoms with Crippen molar-refractivity contribution < 1.29 is 4.79 Å². The molecule has 1 saturated carbocycles. The van der Waals surface area contributed by atoms with Gasteiger partial charge in [-0.2, -0.15) is 0 Å². The zero-order chi connectivity index (χ0) is 11.3. The zero-order valence-electron chi connectivity index (χ0n) is 10.2. The Bertz CT molecular complexity index is 204. The van der Waals surface area contributed by atoms with E-state index >= 15 is 0 Å². The summed E-state index contributed by atoms with van der Waals surface area (Å²) in [5, 5.41) is 5.84. The minimum Gasteiger partial charge on any atom is -0.338 e. The highest BCUT2D eigenvalue weighted by Crippen LogP contribution is 2.29. The van der Waals surface area contributed by atoms with Crippen LogP contribution in [0.25, 0.3) is 0 Å². The molecular formula is C12H24N2O. The predicted molar refractivity (Wildman–Crippen MR) is 62.8 cm³/mol. The number of carbonyl (C=O) groups is 1. The van der Waals surface area contributed by atoms with Crippen LogP contribution in [0.4, 0.5) is 4.79 Å². The Morgan fingerprint density at radius 3 is 2.73 bits per heavy atom. The molecule has 3 heteroatoms. The Kier molecular flexibility index (Phi) is 4.92. The summed E-state index contributed by atoms with van der Waals surface area (Å²) in [7, 11) is 0. The van der Waals surface area contributed by atoms with Crippen LogP contribution < -0.4 is 10.6 Å². The summed E-state index contributed by atoms with van der Waals surface area (Å²) in [5.74, 6) is 1.52. The van der Waals surface area contributed by atoms with Crippen LogP contribution >= 0.6 is 0 Å². The number of amides is 2. The second kappa shape index (κ2) is 5.99. The molecule has 88 valence electrons. The van der Waals surface area contributed by atoms with Gasteiger partial charge in [-0.15, -0.1) is 0 Å². The number of urea groups is 1. The van der Waals surface area contributed by atoms with Gasteiger partial charge in [0.2, 0.25) is 0 Å². The number of hydrogen-bond donors (Lipinski definition) is 2. The smallest absolute Gasteiger partial charge is 0.314 e. The molecule has 1 aliphatic carbocycles. The van der Waals surface area contributed by atoms with Gasteiger partial charge in [0.1, 0.15) is 0 Å². The first-order valence-electron chi connectivity index (χ1n) is 6.17. The molecule has 2 amide bonds. The monoisotopic (exact) mass is 212 g/mol. The normalized spacial score (nSPS) is 26.4. The Labute approximate surface area is 93.0 Å². The highest BCUT2D eigenvalue weighted by Gasteiger charge is 2.24. The molecule has 2 N–H and O–H groups in total. The summed E-state index contributed by atoms with van der Waals surface area (Å²) < 4.78 is 0. The van der Waals surface area contributed by atoms with E-state index < -0.39 is 0 Å². The van der Waals surface area contributed by atoms with Gasteiger partial charge in [-0.1, -0.05) is 26.7 Å². The quantitative estimate of drug-likeness (QED) is 0.741. The standard InChI is InChI=1S/C12H24N2O/c1-4-13-12(15)14-11-7-5-6-10(8-11)9(2)3/h9-11H,4-8H2,1-3H3,(H2,13,14,15)/t10-,11-/m1/s1. The Morgan fingerprint density at radius 2 is 2.13 bits per heavy atom. The van der Waals surface area contributed by atoms with Gasteiger partial charge in [0.05, 0.1) is 0 Å². The van der Waals surface area contributed by atoms with E-state index in [1.54, 1.807) is 0 Å². The van der Waals surface area contributed by atoms with Crippen molar-refractivity contribution in [2.45, 2.75) is 52.5 Å². The lowest BCUT2D eigenvalue weighted by atomic mass is 9.79. The molecule has 1 aliphatic rings. The number of carbonyl (C=O) groups excluding carboxylic acids is 1. The SMILES string of the molecule is CCNC(=O)N[C@@H]1CCC[C@@H](C(C)C)C1. The molecule has 0 aliphatic heterocycles. The largest absolute Gasteiger partial charge is 0.338 e. The highest BCUT2D eigenvalue weighted by molar-refractivity contribution is 5.74. The lowest BCUT2D eigenvalue weighted by Gasteiger charge is -2.32. The average molecular weight is 212 g/mol. The summed E-state index contributed by atoms with van der Waals surface area (Å²) in [4.78, 5) is 11.4. The van der Waals surface area contributed by atoms with Crippen molar-refractivity contribution in [3.05, 3.63) is 0 Å². The van der Waals surface area contributed by atoms with Gasteiger partial charge in [0.15, 0.2) is 0 Å². The van der Waals surface area contributed by atoms with Crippen LogP contribution in [0.2, 0.25) is 0 Å². The van der Waals surface area contributed by atoms with Gasteiger partial charge in [0, 0.05) is 12.6 Å². The Balaban J connectivity index is 2.33. The van der Waals surface area contributed by atoms with Crippen molar-refractivity contribution in [1.29, 1.82) is 0 Å². The zero-order valence-corrected chi connectivity index (χ0v) is 10.2.